The molecule has 0 aliphatic carbocycles. The number of rotatable bonds is 9. The third-order valence-electron chi connectivity index (χ3n) is 11.3. The Morgan fingerprint density at radius 3 is 1.20 bits per heavy atom. The lowest BCUT2D eigenvalue weighted by molar-refractivity contribution is -0.132. The number of fused-ring (bicyclic) bond motifs is 1. The van der Waals surface area contributed by atoms with Crippen LogP contribution in [0.4, 0.5) is 17.1 Å². The summed E-state index contributed by atoms with van der Waals surface area (Å²) in [5, 5.41) is 10.2. The molecule has 0 atom stereocenters. The molecule has 1 N–H and O–H groups in total. The summed E-state index contributed by atoms with van der Waals surface area (Å²) in [7, 11) is 0. The van der Waals surface area contributed by atoms with Crippen molar-refractivity contribution in [1.82, 2.24) is 0 Å². The first kappa shape index (κ1) is 39.9. The molecule has 7 aromatic carbocycles. The Morgan fingerprint density at radius 1 is 0.483 bits per heavy atom. The minimum Gasteiger partial charge on any atom is -0.478 e. The van der Waals surface area contributed by atoms with Crippen LogP contribution in [0.5, 0.6) is 0 Å². The van der Waals surface area contributed by atoms with Gasteiger partial charge in [-0.15, -0.1) is 0 Å². The highest BCUT2D eigenvalue weighted by atomic mass is 16.4. The summed E-state index contributed by atoms with van der Waals surface area (Å²) >= 11 is 0. The molecule has 0 aliphatic heterocycles. The predicted molar refractivity (Wildman–Crippen MR) is 251 cm³/mol. The molecular weight excluding hydrogens is 735 g/mol. The molecule has 8 rings (SSSR count). The Bertz CT molecular complexity index is 2690. The molecule has 1 aromatic heterocycles. The van der Waals surface area contributed by atoms with Crippen LogP contribution < -0.4 is 4.90 Å². The Kier molecular flexibility index (Phi) is 10.7. The van der Waals surface area contributed by atoms with Gasteiger partial charge in [-0.1, -0.05) is 163 Å². The van der Waals surface area contributed by atoms with Gasteiger partial charge in [0, 0.05) is 33.6 Å². The fourth-order valence-electron chi connectivity index (χ4n) is 7.60. The quantitative estimate of drug-likeness (QED) is 0.148. The molecule has 4 nitrogen and oxygen atoms in total. The van der Waals surface area contributed by atoms with Crippen LogP contribution in [0.3, 0.4) is 0 Å². The van der Waals surface area contributed by atoms with Crippen LogP contribution in [0.25, 0.3) is 61.7 Å². The zero-order valence-corrected chi connectivity index (χ0v) is 35.5. The largest absolute Gasteiger partial charge is 0.478 e. The molecule has 0 saturated carbocycles. The van der Waals surface area contributed by atoms with Crippen LogP contribution in [0.1, 0.15) is 65.2 Å². The van der Waals surface area contributed by atoms with Gasteiger partial charge in [0.2, 0.25) is 0 Å². The van der Waals surface area contributed by atoms with E-state index in [0.717, 1.165) is 56.0 Å². The monoisotopic (exact) mass is 785 g/mol. The van der Waals surface area contributed by atoms with Crippen molar-refractivity contribution in [3.05, 3.63) is 192 Å². The lowest BCUT2D eigenvalue weighted by Crippen LogP contribution is -2.10. The maximum absolute atomic E-state index is 11.3. The minimum absolute atomic E-state index is 0.110. The van der Waals surface area contributed by atoms with Crippen molar-refractivity contribution >= 4 is 40.1 Å². The third kappa shape index (κ3) is 8.60. The van der Waals surface area contributed by atoms with Gasteiger partial charge in [0.05, 0.1) is 0 Å². The maximum atomic E-state index is 11.3. The van der Waals surface area contributed by atoms with Crippen LogP contribution >= 0.6 is 0 Å². The molecule has 8 aromatic rings. The van der Waals surface area contributed by atoms with E-state index in [2.05, 4.69) is 192 Å². The van der Waals surface area contributed by atoms with Gasteiger partial charge >= 0.3 is 5.97 Å². The Morgan fingerprint density at radius 2 is 0.833 bits per heavy atom. The second-order valence-corrected chi connectivity index (χ2v) is 17.7. The standard InChI is InChI=1S/C56H51NO3/c1-37(54(58)59)34-38-8-9-46-36-53(60-52(46)35-38)45-12-10-39(11-13-45)42-18-28-49(29-19-42)57(50-30-20-43(21-31-50)40-14-24-47(25-15-40)55(2,3)4)51-32-22-44(23-33-51)41-16-26-48(27-17-41)56(5,6)7/h8-36H,1-7H3,(H,58,59)/b37-34-. The zero-order chi connectivity index (χ0) is 42.2. The molecule has 0 spiro atoms. The smallest absolute Gasteiger partial charge is 0.331 e. The van der Waals surface area contributed by atoms with Crippen molar-refractivity contribution in [3.63, 3.8) is 0 Å². The van der Waals surface area contributed by atoms with E-state index in [0.29, 0.717) is 0 Å². The maximum Gasteiger partial charge on any atom is 0.331 e. The van der Waals surface area contributed by atoms with Gasteiger partial charge in [-0.25, -0.2) is 4.79 Å². The van der Waals surface area contributed by atoms with Gasteiger partial charge in [0.15, 0.2) is 0 Å². The molecule has 1 heterocycles. The molecular formula is C56H51NO3. The van der Waals surface area contributed by atoms with Gasteiger partial charge in [-0.05, 0) is 122 Å². The Balaban J connectivity index is 1.07. The molecule has 0 amide bonds. The minimum atomic E-state index is -0.936. The van der Waals surface area contributed by atoms with Crippen LogP contribution in [-0.4, -0.2) is 11.1 Å². The van der Waals surface area contributed by atoms with E-state index in [1.165, 1.54) is 33.4 Å². The summed E-state index contributed by atoms with van der Waals surface area (Å²) in [5.74, 6) is -0.172. The van der Waals surface area contributed by atoms with E-state index >= 15 is 0 Å². The van der Waals surface area contributed by atoms with Crippen LogP contribution in [0, 0.1) is 0 Å². The van der Waals surface area contributed by atoms with E-state index in [4.69, 9.17) is 4.42 Å². The van der Waals surface area contributed by atoms with E-state index < -0.39 is 5.97 Å². The number of aliphatic carboxylic acids is 1. The summed E-state index contributed by atoms with van der Waals surface area (Å²) in [6.07, 6.45) is 1.65. The number of benzene rings is 7. The van der Waals surface area contributed by atoms with Gasteiger partial charge in [0.1, 0.15) is 11.3 Å². The second kappa shape index (κ2) is 16.0. The first-order chi connectivity index (χ1) is 28.7. The summed E-state index contributed by atoms with van der Waals surface area (Å²) in [4.78, 5) is 13.6. The highest BCUT2D eigenvalue weighted by Crippen LogP contribution is 2.39. The summed E-state index contributed by atoms with van der Waals surface area (Å²) in [6.45, 7) is 15.1. The molecule has 0 radical (unpaired) electrons. The first-order valence-corrected chi connectivity index (χ1v) is 20.6. The van der Waals surface area contributed by atoms with Crippen LogP contribution in [-0.2, 0) is 15.6 Å². The van der Waals surface area contributed by atoms with Crippen molar-refractivity contribution in [1.29, 1.82) is 0 Å². The number of hydrogen-bond acceptors (Lipinski definition) is 3. The van der Waals surface area contributed by atoms with Crippen molar-refractivity contribution < 1.29 is 14.3 Å². The van der Waals surface area contributed by atoms with Crippen molar-refractivity contribution in [2.24, 2.45) is 0 Å². The van der Waals surface area contributed by atoms with Crippen molar-refractivity contribution in [2.45, 2.75) is 59.3 Å². The zero-order valence-electron chi connectivity index (χ0n) is 35.5. The van der Waals surface area contributed by atoms with Gasteiger partial charge in [-0.3, -0.25) is 0 Å². The molecule has 0 unspecified atom stereocenters. The number of carboxylic acid groups (broad SMARTS) is 1. The van der Waals surface area contributed by atoms with E-state index in [9.17, 15) is 9.90 Å². The number of furan rings is 1. The highest BCUT2D eigenvalue weighted by Gasteiger charge is 2.17. The normalized spacial score (nSPS) is 12.2. The summed E-state index contributed by atoms with van der Waals surface area (Å²) < 4.78 is 6.22. The molecule has 60 heavy (non-hydrogen) atoms. The fraction of sp³-hybridized carbons (Fsp3) is 0.161. The van der Waals surface area contributed by atoms with Gasteiger partial charge in [-0.2, -0.15) is 0 Å². The van der Waals surface area contributed by atoms with Crippen LogP contribution in [0.2, 0.25) is 0 Å². The average Bonchev–Trinajstić information content (AvgIpc) is 3.68. The molecule has 0 fully saturated rings. The second-order valence-electron chi connectivity index (χ2n) is 17.7. The molecule has 4 heteroatoms. The molecule has 0 saturated heterocycles. The number of carboxylic acids is 1. The summed E-state index contributed by atoms with van der Waals surface area (Å²) in [6, 6.07) is 60.5. The molecule has 298 valence electrons. The van der Waals surface area contributed by atoms with Gasteiger partial charge < -0.3 is 14.4 Å². The van der Waals surface area contributed by atoms with Gasteiger partial charge in [0.25, 0.3) is 0 Å². The Labute approximate surface area is 354 Å². The van der Waals surface area contributed by atoms with E-state index in [-0.39, 0.29) is 16.4 Å². The first-order valence-electron chi connectivity index (χ1n) is 20.6. The average molecular weight is 786 g/mol. The lowest BCUT2D eigenvalue weighted by Gasteiger charge is -2.26. The highest BCUT2D eigenvalue weighted by molar-refractivity contribution is 5.93. The third-order valence-corrected chi connectivity index (χ3v) is 11.3. The predicted octanol–water partition coefficient (Wildman–Crippen LogP) is 15.7. The van der Waals surface area contributed by atoms with Crippen LogP contribution in [0.15, 0.2) is 180 Å². The number of nitrogens with zero attached hydrogens (tertiary/aromatic N) is 1. The number of hydrogen-bond donors (Lipinski definition) is 1. The van der Waals surface area contributed by atoms with E-state index in [1.807, 2.05) is 24.3 Å². The molecule has 0 bridgehead atoms. The number of carbonyl (C=O) groups is 1. The summed E-state index contributed by atoms with van der Waals surface area (Å²) in [5.41, 5.74) is 15.8. The fourth-order valence-corrected chi connectivity index (χ4v) is 7.60. The van der Waals surface area contributed by atoms with Crippen molar-refractivity contribution in [2.75, 3.05) is 4.90 Å². The van der Waals surface area contributed by atoms with Crippen molar-refractivity contribution in [3.8, 4) is 44.7 Å². The SMILES string of the molecule is C/C(=C/c1ccc2cc(-c3ccc(-c4ccc(N(c5ccc(-c6ccc(C(C)(C)C)cc6)cc5)c5ccc(-c6ccc(C(C)(C)C)cc6)cc5)cc4)cc3)oc2c1)C(=O)O. The lowest BCUT2D eigenvalue weighted by atomic mass is 9.86. The topological polar surface area (TPSA) is 53.7 Å². The Hall–Kier alpha value is -6.91. The van der Waals surface area contributed by atoms with E-state index in [1.54, 1.807) is 13.0 Å². The number of anilines is 3. The molecule has 0 aliphatic rings.